The number of nitrogens with two attached hydrogens (primary N) is 1. The van der Waals surface area contributed by atoms with Crippen LogP contribution < -0.4 is 10.6 Å². The molecule has 0 radical (unpaired) electrons. The van der Waals surface area contributed by atoms with Gasteiger partial charge in [0.25, 0.3) is 0 Å². The van der Waals surface area contributed by atoms with Crippen LogP contribution in [0.4, 0.5) is 11.8 Å². The summed E-state index contributed by atoms with van der Waals surface area (Å²) in [4.78, 5) is 11.5. The van der Waals surface area contributed by atoms with Gasteiger partial charge >= 0.3 is 0 Å². The van der Waals surface area contributed by atoms with Crippen molar-refractivity contribution >= 4 is 22.8 Å². The Labute approximate surface area is 135 Å². The molecule has 23 heavy (non-hydrogen) atoms. The van der Waals surface area contributed by atoms with Gasteiger partial charge in [0.2, 0.25) is 5.95 Å². The molecule has 4 rings (SSSR count). The van der Waals surface area contributed by atoms with Crippen LogP contribution in [0.5, 0.6) is 0 Å². The summed E-state index contributed by atoms with van der Waals surface area (Å²) < 4.78 is 1.75. The second kappa shape index (κ2) is 5.22. The second-order valence-electron chi connectivity index (χ2n) is 6.12. The highest BCUT2D eigenvalue weighted by atomic mass is 15.3. The topological polar surface area (TPSA) is 72.9 Å². The van der Waals surface area contributed by atoms with E-state index >= 15 is 0 Å². The molecule has 1 saturated heterocycles. The lowest BCUT2D eigenvalue weighted by molar-refractivity contribution is 0.697. The Kier molecular flexibility index (Phi) is 3.18. The number of aryl methyl sites for hydroxylation is 2. The van der Waals surface area contributed by atoms with Crippen LogP contribution in [0.2, 0.25) is 0 Å². The van der Waals surface area contributed by atoms with Crippen molar-refractivity contribution in [3.8, 4) is 0 Å². The highest BCUT2D eigenvalue weighted by molar-refractivity contribution is 5.86. The van der Waals surface area contributed by atoms with E-state index in [1.54, 1.807) is 10.9 Å². The lowest BCUT2D eigenvalue weighted by Gasteiger charge is -2.26. The SMILES string of the molecule is Cc1ccccc1[C@@H]1CCCN1c1nc(N)c2cnn(C)c2n1. The first kappa shape index (κ1) is 14.0. The summed E-state index contributed by atoms with van der Waals surface area (Å²) in [6.07, 6.45) is 3.96. The first-order chi connectivity index (χ1) is 11.1. The predicted octanol–water partition coefficient (Wildman–Crippen LogP) is 2.60. The van der Waals surface area contributed by atoms with Crippen LogP contribution in [0.15, 0.2) is 30.5 Å². The number of aromatic nitrogens is 4. The number of fused-ring (bicyclic) bond motifs is 1. The number of rotatable bonds is 2. The molecular weight excluding hydrogens is 288 g/mol. The van der Waals surface area contributed by atoms with Gasteiger partial charge in [0, 0.05) is 13.6 Å². The Balaban J connectivity index is 1.80. The van der Waals surface area contributed by atoms with Gasteiger partial charge in [-0.15, -0.1) is 0 Å². The normalized spacial score (nSPS) is 18.0. The lowest BCUT2D eigenvalue weighted by atomic mass is 9.99. The molecule has 6 nitrogen and oxygen atoms in total. The van der Waals surface area contributed by atoms with Crippen molar-refractivity contribution in [1.82, 2.24) is 19.7 Å². The minimum absolute atomic E-state index is 0.307. The third-order valence-electron chi connectivity index (χ3n) is 4.67. The van der Waals surface area contributed by atoms with E-state index in [1.165, 1.54) is 11.1 Å². The van der Waals surface area contributed by atoms with Crippen LogP contribution in [-0.4, -0.2) is 26.3 Å². The summed E-state index contributed by atoms with van der Waals surface area (Å²) in [5.74, 6) is 1.19. The Morgan fingerprint density at radius 1 is 1.22 bits per heavy atom. The molecule has 0 aliphatic carbocycles. The van der Waals surface area contributed by atoms with E-state index in [2.05, 4.69) is 46.2 Å². The van der Waals surface area contributed by atoms with Crippen LogP contribution in [0.3, 0.4) is 0 Å². The number of anilines is 2. The molecule has 1 aliphatic rings. The third kappa shape index (κ3) is 2.21. The number of benzene rings is 1. The van der Waals surface area contributed by atoms with Crippen molar-refractivity contribution in [2.24, 2.45) is 7.05 Å². The molecule has 2 N–H and O–H groups in total. The Bertz CT molecular complexity index is 869. The predicted molar refractivity (Wildman–Crippen MR) is 91.2 cm³/mol. The van der Waals surface area contributed by atoms with Crippen LogP contribution in [0.25, 0.3) is 11.0 Å². The van der Waals surface area contributed by atoms with Gasteiger partial charge in [-0.1, -0.05) is 24.3 Å². The average Bonchev–Trinajstić information content (AvgIpc) is 3.15. The van der Waals surface area contributed by atoms with Gasteiger partial charge < -0.3 is 10.6 Å². The first-order valence-electron chi connectivity index (χ1n) is 7.92. The minimum atomic E-state index is 0.307. The molecule has 118 valence electrons. The summed E-state index contributed by atoms with van der Waals surface area (Å²) in [5, 5.41) is 5.04. The fourth-order valence-corrected chi connectivity index (χ4v) is 3.45. The van der Waals surface area contributed by atoms with Crippen molar-refractivity contribution in [1.29, 1.82) is 0 Å². The summed E-state index contributed by atoms with van der Waals surface area (Å²) in [7, 11) is 1.88. The maximum Gasteiger partial charge on any atom is 0.229 e. The fraction of sp³-hybridized carbons (Fsp3) is 0.353. The standard InChI is InChI=1S/C17H20N6/c1-11-6-3-4-7-12(11)14-8-5-9-23(14)17-20-15(18)13-10-19-22(2)16(13)21-17/h3-4,6-7,10,14H,5,8-9H2,1-2H3,(H2,18,20,21)/t14-/m0/s1. The van der Waals surface area contributed by atoms with Crippen LogP contribution in [-0.2, 0) is 7.05 Å². The highest BCUT2D eigenvalue weighted by Crippen LogP contribution is 2.36. The zero-order valence-corrected chi connectivity index (χ0v) is 13.4. The molecule has 0 spiro atoms. The van der Waals surface area contributed by atoms with Crippen LogP contribution >= 0.6 is 0 Å². The Morgan fingerprint density at radius 3 is 2.87 bits per heavy atom. The maximum atomic E-state index is 6.12. The number of nitrogens with zero attached hydrogens (tertiary/aromatic N) is 5. The quantitative estimate of drug-likeness (QED) is 0.788. The molecule has 3 heterocycles. The minimum Gasteiger partial charge on any atom is -0.383 e. The Hall–Kier alpha value is -2.63. The van der Waals surface area contributed by atoms with E-state index in [4.69, 9.17) is 10.7 Å². The molecule has 2 aromatic heterocycles. The van der Waals surface area contributed by atoms with Crippen LogP contribution in [0, 0.1) is 6.92 Å². The van der Waals surface area contributed by atoms with Crippen molar-refractivity contribution in [3.63, 3.8) is 0 Å². The monoisotopic (exact) mass is 308 g/mol. The smallest absolute Gasteiger partial charge is 0.229 e. The molecule has 3 aromatic rings. The van der Waals surface area contributed by atoms with E-state index in [0.29, 0.717) is 17.8 Å². The first-order valence-corrected chi connectivity index (χ1v) is 7.92. The van der Waals surface area contributed by atoms with E-state index < -0.39 is 0 Å². The number of nitrogen functional groups attached to an aromatic ring is 1. The lowest BCUT2D eigenvalue weighted by Crippen LogP contribution is -2.25. The second-order valence-corrected chi connectivity index (χ2v) is 6.12. The van der Waals surface area contributed by atoms with Gasteiger partial charge in [-0.05, 0) is 30.9 Å². The van der Waals surface area contributed by atoms with Gasteiger partial charge in [0.1, 0.15) is 5.82 Å². The molecule has 1 fully saturated rings. The molecular formula is C17H20N6. The molecule has 1 atom stereocenters. The van der Waals surface area contributed by atoms with Gasteiger partial charge in [0.05, 0.1) is 17.6 Å². The van der Waals surface area contributed by atoms with Crippen molar-refractivity contribution in [3.05, 3.63) is 41.6 Å². The van der Waals surface area contributed by atoms with Gasteiger partial charge in [0.15, 0.2) is 5.65 Å². The number of hydrogen-bond acceptors (Lipinski definition) is 5. The van der Waals surface area contributed by atoms with Gasteiger partial charge in [-0.2, -0.15) is 15.1 Å². The summed E-state index contributed by atoms with van der Waals surface area (Å²) in [5.41, 5.74) is 9.55. The Morgan fingerprint density at radius 2 is 2.04 bits per heavy atom. The molecule has 0 unspecified atom stereocenters. The molecule has 0 amide bonds. The zero-order valence-electron chi connectivity index (χ0n) is 13.4. The highest BCUT2D eigenvalue weighted by Gasteiger charge is 2.29. The van der Waals surface area contributed by atoms with Crippen LogP contribution in [0.1, 0.15) is 30.0 Å². The molecule has 1 aliphatic heterocycles. The number of hydrogen-bond donors (Lipinski definition) is 1. The summed E-state index contributed by atoms with van der Waals surface area (Å²) in [6, 6.07) is 8.84. The summed E-state index contributed by atoms with van der Waals surface area (Å²) >= 11 is 0. The van der Waals surface area contributed by atoms with Crippen molar-refractivity contribution in [2.75, 3.05) is 17.2 Å². The van der Waals surface area contributed by atoms with Gasteiger partial charge in [-0.25, -0.2) is 0 Å². The van der Waals surface area contributed by atoms with E-state index in [9.17, 15) is 0 Å². The fourth-order valence-electron chi connectivity index (χ4n) is 3.45. The van der Waals surface area contributed by atoms with E-state index in [0.717, 1.165) is 30.4 Å². The third-order valence-corrected chi connectivity index (χ3v) is 4.67. The van der Waals surface area contributed by atoms with E-state index in [1.807, 2.05) is 7.05 Å². The van der Waals surface area contributed by atoms with Crippen molar-refractivity contribution in [2.45, 2.75) is 25.8 Å². The zero-order chi connectivity index (χ0) is 16.0. The average molecular weight is 308 g/mol. The van der Waals surface area contributed by atoms with E-state index in [-0.39, 0.29) is 0 Å². The largest absolute Gasteiger partial charge is 0.383 e. The maximum absolute atomic E-state index is 6.12. The molecule has 1 aromatic carbocycles. The molecule has 6 heteroatoms. The summed E-state index contributed by atoms with van der Waals surface area (Å²) in [6.45, 7) is 3.10. The molecule has 0 bridgehead atoms. The molecule has 0 saturated carbocycles. The van der Waals surface area contributed by atoms with Crippen molar-refractivity contribution < 1.29 is 0 Å². The van der Waals surface area contributed by atoms with Gasteiger partial charge in [-0.3, -0.25) is 4.68 Å².